The number of nitrogens with two attached hydrogens (primary N) is 1. The van der Waals surface area contributed by atoms with Gasteiger partial charge in [0.15, 0.2) is 5.17 Å². The van der Waals surface area contributed by atoms with Crippen LogP contribution < -0.4 is 11.1 Å². The number of rotatable bonds is 2. The maximum atomic E-state index is 12.0. The van der Waals surface area contributed by atoms with E-state index in [4.69, 9.17) is 15.2 Å². The topological polar surface area (TPSA) is 98.8 Å². The first kappa shape index (κ1) is 18.5. The molecule has 0 fully saturated rings. The van der Waals surface area contributed by atoms with E-state index in [2.05, 4.69) is 15.3 Å². The van der Waals surface area contributed by atoms with Gasteiger partial charge in [0.2, 0.25) is 0 Å². The molecule has 1 aromatic rings. The molecule has 2 heterocycles. The monoisotopic (exact) mass is 352 g/mol. The van der Waals surface area contributed by atoms with Gasteiger partial charge < -0.3 is 15.2 Å². The van der Waals surface area contributed by atoms with Crippen molar-refractivity contribution in [2.24, 2.45) is 4.99 Å². The van der Waals surface area contributed by atoms with E-state index >= 15 is 0 Å². The minimum Gasteiger partial charge on any atom is -0.444 e. The van der Waals surface area contributed by atoms with Crippen LogP contribution in [0.5, 0.6) is 0 Å². The van der Waals surface area contributed by atoms with Crippen molar-refractivity contribution in [1.82, 2.24) is 10.3 Å². The highest BCUT2D eigenvalue weighted by atomic mass is 32.2. The fourth-order valence-electron chi connectivity index (χ4n) is 2.33. The van der Waals surface area contributed by atoms with Crippen LogP contribution in [0.15, 0.2) is 23.3 Å². The second-order valence-corrected chi connectivity index (χ2v) is 7.71. The largest absolute Gasteiger partial charge is 0.444 e. The number of amidine groups is 1. The number of hydrogen-bond acceptors (Lipinski definition) is 7. The van der Waals surface area contributed by atoms with Crippen LogP contribution in [-0.2, 0) is 15.0 Å². The third-order valence-corrected chi connectivity index (χ3v) is 4.46. The lowest BCUT2D eigenvalue weighted by molar-refractivity contribution is 0.0535. The maximum absolute atomic E-state index is 12.0. The molecule has 0 saturated carbocycles. The first-order chi connectivity index (χ1) is 11.1. The second kappa shape index (κ2) is 6.98. The number of anilines is 1. The summed E-state index contributed by atoms with van der Waals surface area (Å²) in [6.45, 7) is 7.35. The Bertz CT molecular complexity index is 644. The Labute approximate surface area is 146 Å². The Morgan fingerprint density at radius 2 is 2.21 bits per heavy atom. The van der Waals surface area contributed by atoms with Crippen molar-refractivity contribution in [2.45, 2.75) is 44.9 Å². The van der Waals surface area contributed by atoms with Crippen LogP contribution in [0.2, 0.25) is 0 Å². The van der Waals surface area contributed by atoms with Gasteiger partial charge in [0.05, 0.1) is 11.8 Å². The van der Waals surface area contributed by atoms with Crippen LogP contribution in [0.3, 0.4) is 0 Å². The Hall–Kier alpha value is -1.80. The molecule has 8 heteroatoms. The van der Waals surface area contributed by atoms with E-state index < -0.39 is 17.2 Å². The summed E-state index contributed by atoms with van der Waals surface area (Å²) >= 11 is 1.41. The molecule has 24 heavy (non-hydrogen) atoms. The SMILES string of the molecule is COC1CSC(NC(=O)OC(C)(C)C)=N[C@]1(C)c1cc(N)ccn1. The summed E-state index contributed by atoms with van der Waals surface area (Å²) < 4.78 is 10.9. The lowest BCUT2D eigenvalue weighted by Gasteiger charge is -2.36. The van der Waals surface area contributed by atoms with Crippen molar-refractivity contribution < 1.29 is 14.3 Å². The van der Waals surface area contributed by atoms with E-state index in [1.165, 1.54) is 11.8 Å². The predicted octanol–water partition coefficient (Wildman–Crippen LogP) is 2.52. The lowest BCUT2D eigenvalue weighted by atomic mass is 9.91. The Morgan fingerprint density at radius 1 is 1.50 bits per heavy atom. The summed E-state index contributed by atoms with van der Waals surface area (Å²) in [6.07, 6.45) is 0.912. The summed E-state index contributed by atoms with van der Waals surface area (Å²) in [5, 5.41) is 3.17. The molecule has 0 aromatic carbocycles. The minimum absolute atomic E-state index is 0.194. The standard InChI is InChI=1S/C16H24N4O3S/c1-15(2,3)23-14(21)19-13-20-16(4,12(22-5)9-24-13)11-8-10(17)6-7-18-11/h6-8,12H,9H2,1-5H3,(H2,17,18)(H,19,20,21)/t12?,16-/m1/s1. The van der Waals surface area contributed by atoms with Gasteiger partial charge in [0.1, 0.15) is 11.1 Å². The smallest absolute Gasteiger partial charge is 0.413 e. The Morgan fingerprint density at radius 3 is 2.79 bits per heavy atom. The summed E-state index contributed by atoms with van der Waals surface area (Å²) in [5.74, 6) is 0.623. The number of carbonyl (C=O) groups is 1. The number of carbonyl (C=O) groups excluding carboxylic acids is 1. The molecule has 2 atom stereocenters. The van der Waals surface area contributed by atoms with Crippen molar-refractivity contribution in [3.8, 4) is 0 Å². The van der Waals surface area contributed by atoms with E-state index in [1.54, 1.807) is 25.4 Å². The zero-order chi connectivity index (χ0) is 18.0. The van der Waals surface area contributed by atoms with Crippen molar-refractivity contribution >= 4 is 28.7 Å². The number of amides is 1. The number of methoxy groups -OCH3 is 1. The molecule has 3 N–H and O–H groups in total. The van der Waals surface area contributed by atoms with E-state index in [1.807, 2.05) is 27.7 Å². The van der Waals surface area contributed by atoms with Gasteiger partial charge in [-0.15, -0.1) is 0 Å². The first-order valence-corrected chi connectivity index (χ1v) is 8.60. The first-order valence-electron chi connectivity index (χ1n) is 7.61. The van der Waals surface area contributed by atoms with Gasteiger partial charge in [-0.2, -0.15) is 0 Å². The minimum atomic E-state index is -0.750. The third-order valence-electron chi connectivity index (χ3n) is 3.53. The highest BCUT2D eigenvalue weighted by Crippen LogP contribution is 2.36. The molecule has 7 nitrogen and oxygen atoms in total. The number of ether oxygens (including phenoxy) is 2. The summed E-state index contributed by atoms with van der Waals surface area (Å²) in [5.41, 5.74) is 5.85. The summed E-state index contributed by atoms with van der Waals surface area (Å²) in [4.78, 5) is 21.0. The third kappa shape index (κ3) is 4.39. The number of hydrogen-bond donors (Lipinski definition) is 2. The van der Waals surface area contributed by atoms with E-state index in [9.17, 15) is 4.79 Å². The van der Waals surface area contributed by atoms with Crippen LogP contribution in [0.1, 0.15) is 33.4 Å². The molecule has 1 amide bonds. The van der Waals surface area contributed by atoms with Crippen molar-refractivity contribution in [2.75, 3.05) is 18.6 Å². The molecule has 132 valence electrons. The predicted molar refractivity (Wildman–Crippen MR) is 96.1 cm³/mol. The number of pyridine rings is 1. The number of nitrogen functional groups attached to an aromatic ring is 1. The number of nitrogens with one attached hydrogen (secondary N) is 1. The van der Waals surface area contributed by atoms with Crippen LogP contribution in [-0.4, -0.2) is 40.8 Å². The van der Waals surface area contributed by atoms with Gasteiger partial charge in [-0.05, 0) is 39.8 Å². The highest BCUT2D eigenvalue weighted by molar-refractivity contribution is 8.14. The molecule has 1 aliphatic heterocycles. The Kier molecular flexibility index (Phi) is 5.39. The molecule has 1 unspecified atom stereocenters. The van der Waals surface area contributed by atoms with Crippen molar-refractivity contribution in [3.63, 3.8) is 0 Å². The molecule has 2 rings (SSSR count). The van der Waals surface area contributed by atoms with E-state index in [0.29, 0.717) is 22.3 Å². The molecule has 0 saturated heterocycles. The highest BCUT2D eigenvalue weighted by Gasteiger charge is 2.41. The van der Waals surface area contributed by atoms with Crippen molar-refractivity contribution in [1.29, 1.82) is 0 Å². The molecule has 1 aliphatic rings. The zero-order valence-electron chi connectivity index (χ0n) is 14.6. The molecule has 0 bridgehead atoms. The Balaban J connectivity index is 2.28. The van der Waals surface area contributed by atoms with Gasteiger partial charge in [-0.25, -0.2) is 9.79 Å². The average Bonchev–Trinajstić information content (AvgIpc) is 2.45. The second-order valence-electron chi connectivity index (χ2n) is 6.70. The van der Waals surface area contributed by atoms with Gasteiger partial charge in [-0.3, -0.25) is 10.3 Å². The number of nitrogens with zero attached hydrogens (tertiary/aromatic N) is 2. The molecular weight excluding hydrogens is 328 g/mol. The zero-order valence-corrected chi connectivity index (χ0v) is 15.4. The van der Waals surface area contributed by atoms with E-state index in [-0.39, 0.29) is 6.10 Å². The van der Waals surface area contributed by atoms with Gasteiger partial charge in [0, 0.05) is 24.7 Å². The molecule has 1 aromatic heterocycles. The summed E-state index contributed by atoms with van der Waals surface area (Å²) in [6, 6.07) is 3.49. The number of aliphatic imine (C=N–C) groups is 1. The number of aromatic nitrogens is 1. The van der Waals surface area contributed by atoms with Crippen molar-refractivity contribution in [3.05, 3.63) is 24.0 Å². The van der Waals surface area contributed by atoms with Crippen LogP contribution in [0, 0.1) is 0 Å². The number of thioether (sulfide) groups is 1. The van der Waals surface area contributed by atoms with Gasteiger partial charge in [-0.1, -0.05) is 11.8 Å². The molecule has 0 aliphatic carbocycles. The normalized spacial score (nSPS) is 24.2. The van der Waals surface area contributed by atoms with E-state index in [0.717, 1.165) is 0 Å². The maximum Gasteiger partial charge on any atom is 0.413 e. The summed E-state index contributed by atoms with van der Waals surface area (Å²) in [7, 11) is 1.64. The fourth-order valence-corrected chi connectivity index (χ4v) is 3.51. The molecular formula is C16H24N4O3S. The molecule has 0 spiro atoms. The average molecular weight is 352 g/mol. The lowest BCUT2D eigenvalue weighted by Crippen LogP contribution is -2.46. The van der Waals surface area contributed by atoms with Gasteiger partial charge >= 0.3 is 6.09 Å². The van der Waals surface area contributed by atoms with Crippen LogP contribution in [0.4, 0.5) is 10.5 Å². The van der Waals surface area contributed by atoms with Gasteiger partial charge in [0.25, 0.3) is 0 Å². The fraction of sp³-hybridized carbons (Fsp3) is 0.562. The number of alkyl carbamates (subject to hydrolysis) is 1. The molecule has 0 radical (unpaired) electrons. The quantitative estimate of drug-likeness (QED) is 0.848. The van der Waals surface area contributed by atoms with Crippen LogP contribution >= 0.6 is 11.8 Å². The van der Waals surface area contributed by atoms with Crippen LogP contribution in [0.25, 0.3) is 0 Å².